The number of nitrogens with one attached hydrogen (secondary N) is 1. The lowest BCUT2D eigenvalue weighted by Crippen LogP contribution is -2.50. The van der Waals surface area contributed by atoms with Crippen molar-refractivity contribution < 1.29 is 19.0 Å². The molecule has 7 N–H and O–H groups in total. The molecule has 0 unspecified atom stereocenters. The molecule has 42 heavy (non-hydrogen) atoms. The molecule has 2 atom stereocenters. The summed E-state index contributed by atoms with van der Waals surface area (Å²) in [7, 11) is 0. The Kier molecular flexibility index (Phi) is 11.9. The van der Waals surface area contributed by atoms with E-state index < -0.39 is 18.0 Å². The highest BCUT2D eigenvalue weighted by atomic mass is 16.5. The smallest absolute Gasteiger partial charge is 0.325 e. The molecule has 10 heteroatoms. The topological polar surface area (TPSA) is 154 Å². The van der Waals surface area contributed by atoms with Crippen LogP contribution in [0.2, 0.25) is 6.82 Å². The van der Waals surface area contributed by atoms with Gasteiger partial charge in [-0.1, -0.05) is 63.1 Å². The number of amides is 2. The lowest BCUT2D eigenvalue weighted by molar-refractivity contribution is -0.132. The van der Waals surface area contributed by atoms with Gasteiger partial charge in [-0.15, -0.1) is 0 Å². The Bertz CT molecular complexity index is 1230. The second-order valence-corrected chi connectivity index (χ2v) is 12.1. The normalized spacial score (nSPS) is 15.3. The van der Waals surface area contributed by atoms with Gasteiger partial charge in [-0.3, -0.25) is 14.4 Å². The number of rotatable bonds is 15. The summed E-state index contributed by atoms with van der Waals surface area (Å²) in [4.78, 5) is 41.1. The highest BCUT2D eigenvalue weighted by molar-refractivity contribution is 6.67. The number of carbonyl (C=O) groups excluding carboxylic acids is 3. The van der Waals surface area contributed by atoms with Crippen LogP contribution in [0.4, 0.5) is 0 Å². The van der Waals surface area contributed by atoms with Crippen LogP contribution in [0, 0.1) is 0 Å². The van der Waals surface area contributed by atoms with E-state index in [1.165, 1.54) is 5.56 Å². The summed E-state index contributed by atoms with van der Waals surface area (Å²) in [6.45, 7) is 11.7. The van der Waals surface area contributed by atoms with Gasteiger partial charge in [-0.05, 0) is 60.3 Å². The molecule has 228 valence electrons. The minimum Gasteiger partial charge on any atom is -0.422 e. The number of ketones is 1. The third-order valence-electron chi connectivity index (χ3n) is 8.00. The quantitative estimate of drug-likeness (QED) is 0.235. The molecule has 0 spiro atoms. The molecule has 2 aromatic carbocycles. The largest absolute Gasteiger partial charge is 0.422 e. The Morgan fingerprint density at radius 3 is 2.21 bits per heavy atom. The zero-order valence-electron chi connectivity index (χ0n) is 25.8. The van der Waals surface area contributed by atoms with Crippen LogP contribution >= 0.6 is 0 Å². The predicted molar refractivity (Wildman–Crippen MR) is 169 cm³/mol. The molecule has 9 nitrogen and oxygen atoms in total. The third-order valence-corrected chi connectivity index (χ3v) is 8.00. The van der Waals surface area contributed by atoms with Crippen LogP contribution in [-0.4, -0.2) is 67.7 Å². The van der Waals surface area contributed by atoms with Crippen LogP contribution in [0.3, 0.4) is 0 Å². The summed E-state index contributed by atoms with van der Waals surface area (Å²) in [5.41, 5.74) is 22.3. The summed E-state index contributed by atoms with van der Waals surface area (Å²) in [6.07, 6.45) is 0.748. The van der Waals surface area contributed by atoms with Crippen molar-refractivity contribution in [3.05, 3.63) is 64.7 Å². The van der Waals surface area contributed by atoms with Crippen LogP contribution in [0.1, 0.15) is 68.7 Å². The fourth-order valence-electron chi connectivity index (χ4n) is 5.54. The average molecular weight is 578 g/mol. The number of carbonyl (C=O) groups is 3. The highest BCUT2D eigenvalue weighted by Gasteiger charge is 2.37. The molecule has 0 bridgehead atoms. The molecule has 0 fully saturated rings. The van der Waals surface area contributed by atoms with Crippen LogP contribution < -0.4 is 28.0 Å². The van der Waals surface area contributed by atoms with Gasteiger partial charge in [0.2, 0.25) is 11.8 Å². The minimum atomic E-state index is -0.939. The molecule has 2 amide bonds. The molecule has 0 aliphatic carbocycles. The van der Waals surface area contributed by atoms with Gasteiger partial charge >= 0.3 is 6.92 Å². The lowest BCUT2D eigenvalue weighted by atomic mass is 9.63. The fraction of sp³-hybridized carbons (Fsp3) is 0.531. The maximum Gasteiger partial charge on any atom is 0.325 e. The van der Waals surface area contributed by atoms with Gasteiger partial charge in [0.05, 0.1) is 17.7 Å². The van der Waals surface area contributed by atoms with Crippen molar-refractivity contribution in [1.82, 2.24) is 10.2 Å². The molecule has 1 heterocycles. The molecule has 3 rings (SSSR count). The second-order valence-electron chi connectivity index (χ2n) is 12.1. The first-order valence-electron chi connectivity index (χ1n) is 15.0. The molecule has 1 aliphatic heterocycles. The van der Waals surface area contributed by atoms with Crippen molar-refractivity contribution >= 4 is 30.0 Å². The Balaban J connectivity index is 1.74. The second kappa shape index (κ2) is 14.9. The standard InChI is InChI=1S/C32H48BN5O4/c1-21(2)24-9-6-22(7-10-24)19-28(37-31(41)27(36)12-13-30(40)38(16-14-34)17-15-35)29(39)20-23-8-11-25-26(18-23)33(5)42-32(25,3)4/h6-11,18,21,27-28H,12-17,19-20,34-36H2,1-5H3,(H,37,41)/t27-,28+/m0/s1. The van der Waals surface area contributed by atoms with Gasteiger partial charge in [0.25, 0.3) is 0 Å². The Morgan fingerprint density at radius 2 is 1.62 bits per heavy atom. The van der Waals surface area contributed by atoms with E-state index in [0.29, 0.717) is 38.5 Å². The van der Waals surface area contributed by atoms with Crippen LogP contribution in [-0.2, 0) is 37.5 Å². The van der Waals surface area contributed by atoms with Crippen LogP contribution in [0.25, 0.3) is 0 Å². The number of nitrogens with zero attached hydrogens (tertiary/aromatic N) is 1. The number of Topliss-reactive ketones (excluding diaryl/α,β-unsaturated/α-hetero) is 1. The molecular formula is C32H48BN5O4. The Hall–Kier alpha value is -3.05. The van der Waals surface area contributed by atoms with Crippen molar-refractivity contribution in [3.63, 3.8) is 0 Å². The average Bonchev–Trinajstić information content (AvgIpc) is 3.18. The first kappa shape index (κ1) is 33.5. The SMILES string of the molecule is CB1OC(C)(C)c2ccc(CC(=O)[C@@H](Cc3ccc(C(C)C)cc3)NC(=O)[C@@H](N)CCC(=O)N(CCN)CCN)cc21. The molecule has 0 aromatic heterocycles. The van der Waals surface area contributed by atoms with Gasteiger partial charge in [0, 0.05) is 39.0 Å². The summed E-state index contributed by atoms with van der Waals surface area (Å²) in [5, 5.41) is 2.90. The van der Waals surface area contributed by atoms with E-state index in [-0.39, 0.29) is 43.5 Å². The van der Waals surface area contributed by atoms with E-state index in [4.69, 9.17) is 21.9 Å². The molecule has 0 saturated carbocycles. The minimum absolute atomic E-state index is 0.0636. The molecule has 2 aromatic rings. The summed E-state index contributed by atoms with van der Waals surface area (Å²) in [5.74, 6) is -0.326. The van der Waals surface area contributed by atoms with E-state index in [1.807, 2.05) is 51.0 Å². The molecular weight excluding hydrogens is 529 g/mol. The molecule has 1 aliphatic rings. The number of hydrogen-bond acceptors (Lipinski definition) is 7. The third kappa shape index (κ3) is 8.73. The number of fused-ring (bicyclic) bond motifs is 1. The zero-order chi connectivity index (χ0) is 31.0. The zero-order valence-corrected chi connectivity index (χ0v) is 25.8. The Morgan fingerprint density at radius 1 is 1.00 bits per heavy atom. The van der Waals surface area contributed by atoms with Crippen LogP contribution in [0.5, 0.6) is 0 Å². The first-order valence-corrected chi connectivity index (χ1v) is 15.0. The molecule has 0 radical (unpaired) electrons. The van der Waals surface area contributed by atoms with Gasteiger partial charge in [0.15, 0.2) is 5.78 Å². The van der Waals surface area contributed by atoms with Crippen molar-refractivity contribution in [2.75, 3.05) is 26.2 Å². The summed E-state index contributed by atoms with van der Waals surface area (Å²) in [6, 6.07) is 12.4. The van der Waals surface area contributed by atoms with E-state index in [9.17, 15) is 14.4 Å². The van der Waals surface area contributed by atoms with Crippen molar-refractivity contribution in [2.24, 2.45) is 17.2 Å². The molecule has 0 saturated heterocycles. The predicted octanol–water partition coefficient (Wildman–Crippen LogP) is 1.60. The number of nitrogens with two attached hydrogens (primary N) is 3. The van der Waals surface area contributed by atoms with E-state index in [0.717, 1.165) is 22.2 Å². The maximum absolute atomic E-state index is 13.7. The van der Waals surface area contributed by atoms with Crippen molar-refractivity contribution in [1.29, 1.82) is 0 Å². The fourth-order valence-corrected chi connectivity index (χ4v) is 5.54. The Labute approximate surface area is 251 Å². The van der Waals surface area contributed by atoms with Gasteiger partial charge in [0.1, 0.15) is 0 Å². The van der Waals surface area contributed by atoms with Gasteiger partial charge in [-0.2, -0.15) is 0 Å². The lowest BCUT2D eigenvalue weighted by Gasteiger charge is -2.23. The monoisotopic (exact) mass is 577 g/mol. The summed E-state index contributed by atoms with van der Waals surface area (Å²) < 4.78 is 6.10. The number of hydrogen-bond donors (Lipinski definition) is 4. The van der Waals surface area contributed by atoms with E-state index >= 15 is 0 Å². The maximum atomic E-state index is 13.7. The van der Waals surface area contributed by atoms with Gasteiger partial charge in [-0.25, -0.2) is 0 Å². The number of benzene rings is 2. The first-order chi connectivity index (χ1) is 19.9. The van der Waals surface area contributed by atoms with Gasteiger partial charge < -0.3 is 32.1 Å². The van der Waals surface area contributed by atoms with Crippen molar-refractivity contribution in [3.8, 4) is 0 Å². The van der Waals surface area contributed by atoms with Crippen molar-refractivity contribution in [2.45, 2.75) is 83.8 Å². The van der Waals surface area contributed by atoms with E-state index in [1.54, 1.807) is 4.90 Å². The highest BCUT2D eigenvalue weighted by Crippen LogP contribution is 2.30. The van der Waals surface area contributed by atoms with Crippen LogP contribution in [0.15, 0.2) is 42.5 Å². The van der Waals surface area contributed by atoms with E-state index in [2.05, 4.69) is 31.3 Å². The summed E-state index contributed by atoms with van der Waals surface area (Å²) >= 11 is 0.